The van der Waals surface area contributed by atoms with Crippen LogP contribution in [-0.2, 0) is 17.9 Å². The first-order valence-corrected chi connectivity index (χ1v) is 11.2. The van der Waals surface area contributed by atoms with Gasteiger partial charge in [0.2, 0.25) is 5.91 Å². The Hall–Kier alpha value is -4.13. The quantitative estimate of drug-likeness (QED) is 0.482. The minimum atomic E-state index is -1.19. The minimum absolute atomic E-state index is 0.211. The zero-order valence-electron chi connectivity index (χ0n) is 19.4. The number of anilines is 1. The largest absolute Gasteiger partial charge is 0.463 e. The van der Waals surface area contributed by atoms with Crippen molar-refractivity contribution in [2.45, 2.75) is 39.4 Å². The maximum Gasteiger partial charge on any atom is 0.277 e. The lowest BCUT2D eigenvalue weighted by Crippen LogP contribution is -2.64. The van der Waals surface area contributed by atoms with Gasteiger partial charge in [-0.15, -0.1) is 0 Å². The van der Waals surface area contributed by atoms with Crippen LogP contribution in [0.3, 0.4) is 0 Å². The molecule has 172 valence electrons. The number of amides is 2. The maximum absolute atomic E-state index is 13.9. The van der Waals surface area contributed by atoms with Crippen LogP contribution in [0.1, 0.15) is 34.1 Å². The first-order chi connectivity index (χ1) is 16.3. The third-order valence-electron chi connectivity index (χ3n) is 6.18. The van der Waals surface area contributed by atoms with Crippen LogP contribution in [-0.4, -0.2) is 27.1 Å². The highest BCUT2D eigenvalue weighted by Crippen LogP contribution is 2.35. The fraction of sp³-hybridized carbons (Fsp3) is 0.222. The molecule has 7 nitrogen and oxygen atoms in total. The lowest BCUT2D eigenvalue weighted by atomic mass is 9.93. The van der Waals surface area contributed by atoms with Crippen LogP contribution in [0.5, 0.6) is 0 Å². The molecule has 0 fully saturated rings. The van der Waals surface area contributed by atoms with Crippen molar-refractivity contribution in [3.63, 3.8) is 0 Å². The molecule has 1 atom stereocenters. The van der Waals surface area contributed by atoms with Crippen molar-refractivity contribution in [1.82, 2.24) is 15.1 Å². The monoisotopic (exact) mass is 454 g/mol. The average Bonchev–Trinajstić information content (AvgIpc) is 3.47. The molecular weight excluding hydrogens is 428 g/mol. The second-order valence-electron chi connectivity index (χ2n) is 8.98. The Labute approximate surface area is 198 Å². The standard InChI is InChI=1S/C27H26N4O3/c1-18-12-19(2)14-21(13-18)31-25(32)23-15-22(24-10-7-11-34-24)29-30(23)17-27(31,3)26(33)28-16-20-8-5-4-6-9-20/h4-15H,16-17H2,1-3H3,(H,28,33). The highest BCUT2D eigenvalue weighted by atomic mass is 16.3. The summed E-state index contributed by atoms with van der Waals surface area (Å²) in [6, 6.07) is 20.9. The van der Waals surface area contributed by atoms with Crippen molar-refractivity contribution in [3.05, 3.63) is 95.4 Å². The van der Waals surface area contributed by atoms with Crippen LogP contribution >= 0.6 is 0 Å². The van der Waals surface area contributed by atoms with E-state index in [9.17, 15) is 9.59 Å². The molecule has 2 aromatic carbocycles. The molecule has 0 bridgehead atoms. The average molecular weight is 455 g/mol. The van der Waals surface area contributed by atoms with Gasteiger partial charge in [0.1, 0.15) is 16.9 Å². The predicted octanol–water partition coefficient (Wildman–Crippen LogP) is 4.50. The van der Waals surface area contributed by atoms with E-state index in [0.717, 1.165) is 16.7 Å². The molecule has 1 unspecified atom stereocenters. The van der Waals surface area contributed by atoms with Gasteiger partial charge in [-0.3, -0.25) is 19.2 Å². The number of hydrogen-bond acceptors (Lipinski definition) is 4. The summed E-state index contributed by atoms with van der Waals surface area (Å²) in [6.45, 7) is 6.34. The Balaban J connectivity index is 1.57. The molecule has 1 aliphatic rings. The van der Waals surface area contributed by atoms with Gasteiger partial charge in [0.05, 0.1) is 12.8 Å². The molecular formula is C27H26N4O3. The smallest absolute Gasteiger partial charge is 0.277 e. The minimum Gasteiger partial charge on any atom is -0.463 e. The molecule has 5 rings (SSSR count). The summed E-state index contributed by atoms with van der Waals surface area (Å²) in [5.74, 6) is 0.0476. The molecule has 34 heavy (non-hydrogen) atoms. The third-order valence-corrected chi connectivity index (χ3v) is 6.18. The lowest BCUT2D eigenvalue weighted by molar-refractivity contribution is -0.126. The number of rotatable bonds is 5. The fourth-order valence-electron chi connectivity index (χ4n) is 4.58. The van der Waals surface area contributed by atoms with E-state index in [2.05, 4.69) is 10.4 Å². The molecule has 1 N–H and O–H groups in total. The molecule has 0 saturated carbocycles. The van der Waals surface area contributed by atoms with Gasteiger partial charge in [0, 0.05) is 18.3 Å². The van der Waals surface area contributed by atoms with Crippen LogP contribution in [0, 0.1) is 13.8 Å². The lowest BCUT2D eigenvalue weighted by Gasteiger charge is -2.43. The van der Waals surface area contributed by atoms with E-state index >= 15 is 0 Å². The molecule has 7 heteroatoms. The van der Waals surface area contributed by atoms with Gasteiger partial charge in [0.25, 0.3) is 5.91 Å². The topological polar surface area (TPSA) is 80.4 Å². The number of furan rings is 1. The Bertz CT molecular complexity index is 1340. The zero-order valence-corrected chi connectivity index (χ0v) is 19.4. The molecule has 0 spiro atoms. The predicted molar refractivity (Wildman–Crippen MR) is 129 cm³/mol. The molecule has 4 aromatic rings. The van der Waals surface area contributed by atoms with E-state index in [1.165, 1.54) is 0 Å². The van der Waals surface area contributed by atoms with Crippen molar-refractivity contribution in [2.75, 3.05) is 4.90 Å². The summed E-state index contributed by atoms with van der Waals surface area (Å²) in [7, 11) is 0. The Kier molecular flexibility index (Phi) is 5.32. The molecule has 2 amide bonds. The van der Waals surface area contributed by atoms with Crippen LogP contribution < -0.4 is 10.2 Å². The molecule has 1 aliphatic heterocycles. The highest BCUT2D eigenvalue weighted by Gasteiger charge is 2.49. The molecule has 0 saturated heterocycles. The van der Waals surface area contributed by atoms with Gasteiger partial charge in [-0.2, -0.15) is 5.10 Å². The molecule has 2 aromatic heterocycles. The van der Waals surface area contributed by atoms with Gasteiger partial charge in [-0.1, -0.05) is 36.4 Å². The van der Waals surface area contributed by atoms with E-state index in [0.29, 0.717) is 29.4 Å². The van der Waals surface area contributed by atoms with Crippen molar-refractivity contribution in [1.29, 1.82) is 0 Å². The van der Waals surface area contributed by atoms with Gasteiger partial charge < -0.3 is 9.73 Å². The highest BCUT2D eigenvalue weighted by molar-refractivity contribution is 6.12. The van der Waals surface area contributed by atoms with E-state index in [4.69, 9.17) is 4.42 Å². The number of aryl methyl sites for hydroxylation is 2. The molecule has 3 heterocycles. The number of carbonyl (C=O) groups excluding carboxylic acids is 2. The Morgan fingerprint density at radius 1 is 1.06 bits per heavy atom. The molecule has 0 radical (unpaired) electrons. The van der Waals surface area contributed by atoms with Crippen molar-refractivity contribution in [2.24, 2.45) is 0 Å². The third kappa shape index (κ3) is 3.79. The maximum atomic E-state index is 13.9. The van der Waals surface area contributed by atoms with Crippen LogP contribution in [0.15, 0.2) is 77.4 Å². The van der Waals surface area contributed by atoms with E-state index in [1.807, 2.05) is 62.4 Å². The number of fused-ring (bicyclic) bond motifs is 1. The number of benzene rings is 2. The normalized spacial score (nSPS) is 17.5. The number of hydrogen-bond donors (Lipinski definition) is 1. The van der Waals surface area contributed by atoms with E-state index < -0.39 is 5.54 Å². The van der Waals surface area contributed by atoms with Gasteiger partial charge in [-0.25, -0.2) is 0 Å². The first kappa shape index (κ1) is 21.7. The Morgan fingerprint density at radius 3 is 2.47 bits per heavy atom. The van der Waals surface area contributed by atoms with E-state index in [1.54, 1.807) is 41.0 Å². The number of aromatic nitrogens is 2. The van der Waals surface area contributed by atoms with Crippen molar-refractivity contribution < 1.29 is 14.0 Å². The number of nitrogens with one attached hydrogen (secondary N) is 1. The summed E-state index contributed by atoms with van der Waals surface area (Å²) >= 11 is 0. The van der Waals surface area contributed by atoms with E-state index in [-0.39, 0.29) is 18.4 Å². The van der Waals surface area contributed by atoms with Crippen LogP contribution in [0.4, 0.5) is 5.69 Å². The summed E-state index contributed by atoms with van der Waals surface area (Å²) < 4.78 is 7.09. The zero-order chi connectivity index (χ0) is 23.9. The Morgan fingerprint density at radius 2 is 1.79 bits per heavy atom. The van der Waals surface area contributed by atoms with Crippen LogP contribution in [0.2, 0.25) is 0 Å². The van der Waals surface area contributed by atoms with Crippen molar-refractivity contribution in [3.8, 4) is 11.5 Å². The van der Waals surface area contributed by atoms with Crippen molar-refractivity contribution >= 4 is 17.5 Å². The first-order valence-electron chi connectivity index (χ1n) is 11.2. The fourth-order valence-corrected chi connectivity index (χ4v) is 4.58. The SMILES string of the molecule is Cc1cc(C)cc(N2C(=O)c3cc(-c4ccco4)nn3CC2(C)C(=O)NCc2ccccc2)c1. The summed E-state index contributed by atoms with van der Waals surface area (Å²) in [5, 5.41) is 7.63. The van der Waals surface area contributed by atoms with Gasteiger partial charge >= 0.3 is 0 Å². The summed E-state index contributed by atoms with van der Waals surface area (Å²) in [6.07, 6.45) is 1.57. The second kappa shape index (κ2) is 8.33. The summed E-state index contributed by atoms with van der Waals surface area (Å²) in [4.78, 5) is 29.2. The second-order valence-corrected chi connectivity index (χ2v) is 8.98. The number of carbonyl (C=O) groups is 2. The molecule has 0 aliphatic carbocycles. The van der Waals surface area contributed by atoms with Gasteiger partial charge in [0.15, 0.2) is 5.76 Å². The number of nitrogens with zero attached hydrogens (tertiary/aromatic N) is 3. The van der Waals surface area contributed by atoms with Crippen LogP contribution in [0.25, 0.3) is 11.5 Å². The van der Waals surface area contributed by atoms with Gasteiger partial charge in [-0.05, 0) is 61.7 Å². The summed E-state index contributed by atoms with van der Waals surface area (Å²) in [5.41, 5.74) is 3.49.